The number of hydrogen-bond acceptors (Lipinski definition) is 4. The largest absolute Gasteiger partial charge is 0.332 e. The van der Waals surface area contributed by atoms with E-state index in [0.717, 1.165) is 24.3 Å². The maximum atomic E-state index is 12.5. The van der Waals surface area contributed by atoms with Gasteiger partial charge in [0.05, 0.1) is 5.01 Å². The van der Waals surface area contributed by atoms with E-state index in [1.165, 1.54) is 17.8 Å². The molecular weight excluding hydrogens is 246 g/mol. The lowest BCUT2D eigenvalue weighted by molar-refractivity contribution is 0.0484. The maximum absolute atomic E-state index is 12.5. The van der Waals surface area contributed by atoms with E-state index in [1.54, 1.807) is 0 Å². The Kier molecular flexibility index (Phi) is 4.35. The van der Waals surface area contributed by atoms with Gasteiger partial charge in [0.25, 0.3) is 5.91 Å². The molecule has 18 heavy (non-hydrogen) atoms. The molecular formula is C13H21N3OS. The molecule has 1 aliphatic carbocycles. The molecule has 0 spiro atoms. The van der Waals surface area contributed by atoms with E-state index in [-0.39, 0.29) is 11.9 Å². The number of rotatable bonds is 5. The molecule has 4 nitrogen and oxygen atoms in total. The molecule has 1 fully saturated rings. The number of carbonyl (C=O) groups excluding carboxylic acids is 1. The molecule has 1 aliphatic rings. The van der Waals surface area contributed by atoms with Crippen molar-refractivity contribution < 1.29 is 4.79 Å². The SMILES string of the molecule is CC(C)N(C(=O)c1csc(CCN)n1)C1CCC1. The summed E-state index contributed by atoms with van der Waals surface area (Å²) in [6, 6.07) is 0.652. The van der Waals surface area contributed by atoms with Crippen LogP contribution in [0.3, 0.4) is 0 Å². The van der Waals surface area contributed by atoms with Crippen LogP contribution in [0.2, 0.25) is 0 Å². The van der Waals surface area contributed by atoms with Gasteiger partial charge in [0.2, 0.25) is 0 Å². The molecule has 100 valence electrons. The van der Waals surface area contributed by atoms with Gasteiger partial charge in [-0.15, -0.1) is 11.3 Å². The molecule has 1 heterocycles. The van der Waals surface area contributed by atoms with Crippen LogP contribution in [-0.4, -0.2) is 34.4 Å². The molecule has 2 rings (SSSR count). The average molecular weight is 267 g/mol. The van der Waals surface area contributed by atoms with Crippen LogP contribution in [0.15, 0.2) is 5.38 Å². The van der Waals surface area contributed by atoms with Gasteiger partial charge in [0.1, 0.15) is 5.69 Å². The molecule has 2 N–H and O–H groups in total. The van der Waals surface area contributed by atoms with E-state index in [1.807, 2.05) is 10.3 Å². The molecule has 1 amide bonds. The first-order valence-corrected chi connectivity index (χ1v) is 7.48. The van der Waals surface area contributed by atoms with E-state index in [4.69, 9.17) is 5.73 Å². The van der Waals surface area contributed by atoms with Crippen molar-refractivity contribution in [2.24, 2.45) is 5.73 Å². The first-order valence-electron chi connectivity index (χ1n) is 6.60. The Morgan fingerprint density at radius 1 is 1.61 bits per heavy atom. The highest BCUT2D eigenvalue weighted by Crippen LogP contribution is 2.28. The lowest BCUT2D eigenvalue weighted by Crippen LogP contribution is -2.48. The number of aromatic nitrogens is 1. The molecule has 0 bridgehead atoms. The highest BCUT2D eigenvalue weighted by Gasteiger charge is 2.32. The van der Waals surface area contributed by atoms with Crippen LogP contribution in [0.1, 0.15) is 48.6 Å². The minimum atomic E-state index is 0.0780. The third-order valence-electron chi connectivity index (χ3n) is 3.39. The van der Waals surface area contributed by atoms with Gasteiger partial charge in [-0.2, -0.15) is 0 Å². The predicted octanol–water partition coefficient (Wildman–Crippen LogP) is 2.05. The van der Waals surface area contributed by atoms with Gasteiger partial charge in [0, 0.05) is 23.9 Å². The van der Waals surface area contributed by atoms with Crippen LogP contribution in [0.25, 0.3) is 0 Å². The number of nitrogens with two attached hydrogens (primary N) is 1. The van der Waals surface area contributed by atoms with Crippen molar-refractivity contribution >= 4 is 17.2 Å². The Morgan fingerprint density at radius 3 is 2.83 bits per heavy atom. The van der Waals surface area contributed by atoms with E-state index in [2.05, 4.69) is 18.8 Å². The van der Waals surface area contributed by atoms with Crippen LogP contribution in [0.4, 0.5) is 0 Å². The van der Waals surface area contributed by atoms with E-state index in [0.29, 0.717) is 18.3 Å². The Morgan fingerprint density at radius 2 is 2.33 bits per heavy atom. The zero-order valence-corrected chi connectivity index (χ0v) is 11.9. The Bertz CT molecular complexity index is 412. The van der Waals surface area contributed by atoms with E-state index >= 15 is 0 Å². The van der Waals surface area contributed by atoms with Gasteiger partial charge >= 0.3 is 0 Å². The zero-order chi connectivity index (χ0) is 13.1. The maximum Gasteiger partial charge on any atom is 0.273 e. The van der Waals surface area contributed by atoms with Crippen LogP contribution in [0.5, 0.6) is 0 Å². The van der Waals surface area contributed by atoms with E-state index < -0.39 is 0 Å². The lowest BCUT2D eigenvalue weighted by atomic mass is 9.90. The second-order valence-corrected chi connectivity index (χ2v) is 6.00. The highest BCUT2D eigenvalue weighted by atomic mass is 32.1. The molecule has 0 aliphatic heterocycles. The van der Waals surface area contributed by atoms with Gasteiger partial charge in [-0.25, -0.2) is 4.98 Å². The summed E-state index contributed by atoms with van der Waals surface area (Å²) in [5.74, 6) is 0.0780. The fraction of sp³-hybridized carbons (Fsp3) is 0.692. The topological polar surface area (TPSA) is 59.2 Å². The van der Waals surface area contributed by atoms with Crippen molar-refractivity contribution in [1.82, 2.24) is 9.88 Å². The van der Waals surface area contributed by atoms with Gasteiger partial charge in [-0.3, -0.25) is 4.79 Å². The second kappa shape index (κ2) is 5.80. The molecule has 1 aromatic heterocycles. The van der Waals surface area contributed by atoms with Gasteiger partial charge < -0.3 is 10.6 Å². The number of hydrogen-bond donors (Lipinski definition) is 1. The van der Waals surface area contributed by atoms with Crippen LogP contribution in [0, 0.1) is 0 Å². The normalized spacial score (nSPS) is 15.8. The standard InChI is InChI=1S/C13H21N3OS/c1-9(2)16(10-4-3-5-10)13(17)11-8-18-12(15-11)6-7-14/h8-10H,3-7,14H2,1-2H3. The van der Waals surface area contributed by atoms with Crippen molar-refractivity contribution in [2.75, 3.05) is 6.54 Å². The number of amides is 1. The van der Waals surface area contributed by atoms with Crippen molar-refractivity contribution in [3.8, 4) is 0 Å². The van der Waals surface area contributed by atoms with E-state index in [9.17, 15) is 4.79 Å². The smallest absolute Gasteiger partial charge is 0.273 e. The lowest BCUT2D eigenvalue weighted by Gasteiger charge is -2.40. The number of thiazole rings is 1. The Balaban J connectivity index is 2.11. The summed E-state index contributed by atoms with van der Waals surface area (Å²) < 4.78 is 0. The second-order valence-electron chi connectivity index (χ2n) is 5.06. The summed E-state index contributed by atoms with van der Waals surface area (Å²) in [5.41, 5.74) is 6.09. The van der Waals surface area contributed by atoms with Gasteiger partial charge in [0.15, 0.2) is 0 Å². The predicted molar refractivity (Wildman–Crippen MR) is 73.8 cm³/mol. The minimum absolute atomic E-state index is 0.0780. The first kappa shape index (κ1) is 13.5. The molecule has 0 radical (unpaired) electrons. The Labute approximate surface area is 112 Å². The van der Waals surface area contributed by atoms with Crippen molar-refractivity contribution in [2.45, 2.75) is 51.6 Å². The summed E-state index contributed by atoms with van der Waals surface area (Å²) >= 11 is 1.53. The molecule has 1 aromatic rings. The third-order valence-corrected chi connectivity index (χ3v) is 4.30. The molecule has 0 saturated heterocycles. The average Bonchev–Trinajstić information content (AvgIpc) is 2.71. The number of nitrogens with zero attached hydrogens (tertiary/aromatic N) is 2. The molecule has 0 aromatic carbocycles. The third kappa shape index (κ3) is 2.72. The van der Waals surface area contributed by atoms with Gasteiger partial charge in [-0.05, 0) is 39.7 Å². The zero-order valence-electron chi connectivity index (χ0n) is 11.1. The van der Waals surface area contributed by atoms with Crippen LogP contribution >= 0.6 is 11.3 Å². The highest BCUT2D eigenvalue weighted by molar-refractivity contribution is 7.09. The minimum Gasteiger partial charge on any atom is -0.332 e. The van der Waals surface area contributed by atoms with Gasteiger partial charge in [-0.1, -0.05) is 0 Å². The summed E-state index contributed by atoms with van der Waals surface area (Å²) in [5, 5.41) is 2.82. The van der Waals surface area contributed by atoms with Crippen LogP contribution < -0.4 is 5.73 Å². The Hall–Kier alpha value is -0.940. The quantitative estimate of drug-likeness (QED) is 0.888. The summed E-state index contributed by atoms with van der Waals surface area (Å²) in [6.45, 7) is 4.73. The molecule has 0 atom stereocenters. The summed E-state index contributed by atoms with van der Waals surface area (Å²) in [4.78, 5) is 18.9. The molecule has 1 saturated carbocycles. The van der Waals surface area contributed by atoms with Crippen LogP contribution in [-0.2, 0) is 6.42 Å². The number of carbonyl (C=O) groups is 1. The van der Waals surface area contributed by atoms with Crippen molar-refractivity contribution in [3.05, 3.63) is 16.1 Å². The van der Waals surface area contributed by atoms with Crippen molar-refractivity contribution in [3.63, 3.8) is 0 Å². The summed E-state index contributed by atoms with van der Waals surface area (Å²) in [6.07, 6.45) is 4.24. The fourth-order valence-electron chi connectivity index (χ4n) is 2.27. The molecule has 5 heteroatoms. The van der Waals surface area contributed by atoms with Crippen molar-refractivity contribution in [1.29, 1.82) is 0 Å². The monoisotopic (exact) mass is 267 g/mol. The summed E-state index contributed by atoms with van der Waals surface area (Å²) in [7, 11) is 0. The fourth-order valence-corrected chi connectivity index (χ4v) is 3.05. The molecule has 0 unspecified atom stereocenters. The first-order chi connectivity index (χ1) is 8.63.